The van der Waals surface area contributed by atoms with Crippen LogP contribution in [0.1, 0.15) is 39.1 Å². The summed E-state index contributed by atoms with van der Waals surface area (Å²) in [5, 5.41) is 8.90. The molecule has 0 saturated carbocycles. The number of aromatic amines is 1. The molecule has 2 aromatic rings. The minimum atomic E-state index is -0.113. The fourth-order valence-electron chi connectivity index (χ4n) is 1.34. The summed E-state index contributed by atoms with van der Waals surface area (Å²) in [6.07, 6.45) is 0. The molecule has 0 spiro atoms. The van der Waals surface area contributed by atoms with Gasteiger partial charge in [-0.25, -0.2) is 4.98 Å². The molecule has 18 heavy (non-hydrogen) atoms. The Kier molecular flexibility index (Phi) is 7.71. The number of pyridine rings is 1. The molecule has 5 nitrogen and oxygen atoms in total. The van der Waals surface area contributed by atoms with Crippen LogP contribution in [0.2, 0.25) is 0 Å². The molecule has 0 saturated heterocycles. The minimum absolute atomic E-state index is 0.113. The Morgan fingerprint density at radius 2 is 1.83 bits per heavy atom. The Morgan fingerprint density at radius 3 is 2.33 bits per heavy atom. The van der Waals surface area contributed by atoms with Crippen molar-refractivity contribution in [3.63, 3.8) is 0 Å². The average Bonchev–Trinajstić information content (AvgIpc) is 2.87. The molecule has 0 bridgehead atoms. The van der Waals surface area contributed by atoms with Crippen molar-refractivity contribution in [2.45, 2.75) is 41.2 Å². The van der Waals surface area contributed by atoms with Crippen LogP contribution in [0, 0.1) is 6.92 Å². The SMILES string of the molecule is CC.CC.COc1cc(C)c2[nH]c(CO)nc2n1. The molecule has 0 fully saturated rings. The number of H-pyrrole nitrogens is 1. The van der Waals surface area contributed by atoms with Crippen LogP contribution in [0.3, 0.4) is 0 Å². The third-order valence-electron chi connectivity index (χ3n) is 2.04. The second kappa shape index (κ2) is 8.47. The van der Waals surface area contributed by atoms with Crippen molar-refractivity contribution in [3.05, 3.63) is 17.5 Å². The molecule has 2 rings (SSSR count). The van der Waals surface area contributed by atoms with Crippen molar-refractivity contribution in [2.24, 2.45) is 0 Å². The molecule has 0 aromatic carbocycles. The number of methoxy groups -OCH3 is 1. The third kappa shape index (κ3) is 3.70. The standard InChI is InChI=1S/C9H11N3O2.2C2H6/c1-5-3-7(14-2)12-9-8(5)10-6(4-13)11-9;2*1-2/h3,13H,4H2,1-2H3,(H,10,11,12);2*1-2H3. The van der Waals surface area contributed by atoms with E-state index >= 15 is 0 Å². The first kappa shape index (κ1) is 16.4. The van der Waals surface area contributed by atoms with Crippen LogP contribution in [-0.4, -0.2) is 27.2 Å². The van der Waals surface area contributed by atoms with Gasteiger partial charge in [0.15, 0.2) is 5.65 Å². The summed E-state index contributed by atoms with van der Waals surface area (Å²) in [6, 6.07) is 1.82. The molecule has 0 amide bonds. The van der Waals surface area contributed by atoms with Crippen LogP contribution < -0.4 is 4.74 Å². The first-order valence-electron chi connectivity index (χ1n) is 6.25. The van der Waals surface area contributed by atoms with Crippen molar-refractivity contribution >= 4 is 11.2 Å². The van der Waals surface area contributed by atoms with E-state index in [1.807, 2.05) is 40.7 Å². The largest absolute Gasteiger partial charge is 0.481 e. The molecular weight excluding hydrogens is 230 g/mol. The molecule has 0 aliphatic rings. The second-order valence-corrected chi connectivity index (χ2v) is 3.02. The Labute approximate surface area is 108 Å². The highest BCUT2D eigenvalue weighted by molar-refractivity contribution is 5.75. The summed E-state index contributed by atoms with van der Waals surface area (Å²) in [6.45, 7) is 9.82. The van der Waals surface area contributed by atoms with Crippen LogP contribution in [-0.2, 0) is 6.61 Å². The fourth-order valence-corrected chi connectivity index (χ4v) is 1.34. The van der Waals surface area contributed by atoms with E-state index in [4.69, 9.17) is 9.84 Å². The van der Waals surface area contributed by atoms with Crippen molar-refractivity contribution in [1.82, 2.24) is 15.0 Å². The number of rotatable bonds is 2. The van der Waals surface area contributed by atoms with Gasteiger partial charge in [0, 0.05) is 6.07 Å². The lowest BCUT2D eigenvalue weighted by molar-refractivity contribution is 0.273. The summed E-state index contributed by atoms with van der Waals surface area (Å²) in [7, 11) is 1.56. The lowest BCUT2D eigenvalue weighted by Gasteiger charge is -1.99. The van der Waals surface area contributed by atoms with Crippen LogP contribution >= 0.6 is 0 Å². The summed E-state index contributed by atoms with van der Waals surface area (Å²) in [4.78, 5) is 11.2. The van der Waals surface area contributed by atoms with Crippen LogP contribution in [0.25, 0.3) is 11.2 Å². The van der Waals surface area contributed by atoms with E-state index in [-0.39, 0.29) is 6.61 Å². The van der Waals surface area contributed by atoms with Gasteiger partial charge in [0.05, 0.1) is 12.6 Å². The zero-order valence-electron chi connectivity index (χ0n) is 12.0. The number of fused-ring (bicyclic) bond motifs is 1. The molecule has 102 valence electrons. The van der Waals surface area contributed by atoms with Gasteiger partial charge in [-0.15, -0.1) is 0 Å². The van der Waals surface area contributed by atoms with Crippen LogP contribution in [0.15, 0.2) is 6.07 Å². The second-order valence-electron chi connectivity index (χ2n) is 3.02. The molecule has 5 heteroatoms. The first-order chi connectivity index (χ1) is 8.74. The molecule has 0 aliphatic heterocycles. The number of hydrogen-bond acceptors (Lipinski definition) is 4. The molecule has 2 heterocycles. The van der Waals surface area contributed by atoms with Gasteiger partial charge in [0.25, 0.3) is 0 Å². The molecule has 0 atom stereocenters. The molecule has 2 N–H and O–H groups in total. The van der Waals surface area contributed by atoms with Crippen molar-refractivity contribution in [1.29, 1.82) is 0 Å². The molecule has 0 unspecified atom stereocenters. The smallest absolute Gasteiger partial charge is 0.215 e. The van der Waals surface area contributed by atoms with Gasteiger partial charge in [-0.1, -0.05) is 27.7 Å². The van der Waals surface area contributed by atoms with Crippen LogP contribution in [0.5, 0.6) is 5.88 Å². The Bertz CT molecular complexity index is 466. The summed E-state index contributed by atoms with van der Waals surface area (Å²) < 4.78 is 5.02. The number of aryl methyl sites for hydroxylation is 1. The predicted octanol–water partition coefficient (Wildman–Crippen LogP) is 2.82. The van der Waals surface area contributed by atoms with Gasteiger partial charge in [0.2, 0.25) is 5.88 Å². The number of aromatic nitrogens is 3. The maximum absolute atomic E-state index is 8.90. The van der Waals surface area contributed by atoms with Gasteiger partial charge in [-0.2, -0.15) is 4.98 Å². The monoisotopic (exact) mass is 253 g/mol. The van der Waals surface area contributed by atoms with Crippen molar-refractivity contribution in [3.8, 4) is 5.88 Å². The lowest BCUT2D eigenvalue weighted by atomic mass is 10.3. The first-order valence-corrected chi connectivity index (χ1v) is 6.25. The number of hydrogen-bond donors (Lipinski definition) is 2. The Morgan fingerprint density at radius 1 is 1.22 bits per heavy atom. The zero-order chi connectivity index (χ0) is 14.1. The van der Waals surface area contributed by atoms with Crippen molar-refractivity contribution < 1.29 is 9.84 Å². The topological polar surface area (TPSA) is 71.0 Å². The fraction of sp³-hybridized carbons (Fsp3) is 0.538. The number of nitrogens with zero attached hydrogens (tertiary/aromatic N) is 2. The summed E-state index contributed by atoms with van der Waals surface area (Å²) in [5.74, 6) is 1.05. The van der Waals surface area contributed by atoms with E-state index in [1.54, 1.807) is 7.11 Å². The van der Waals surface area contributed by atoms with E-state index in [0.717, 1.165) is 11.1 Å². The number of ether oxygens (including phenoxy) is 1. The quantitative estimate of drug-likeness (QED) is 0.863. The number of imidazole rings is 1. The highest BCUT2D eigenvalue weighted by atomic mass is 16.5. The Hall–Kier alpha value is -1.62. The van der Waals surface area contributed by atoms with E-state index in [9.17, 15) is 0 Å². The summed E-state index contributed by atoms with van der Waals surface area (Å²) in [5.41, 5.74) is 2.42. The lowest BCUT2D eigenvalue weighted by Crippen LogP contribution is -1.89. The van der Waals surface area contributed by atoms with Gasteiger partial charge in [-0.05, 0) is 12.5 Å². The van der Waals surface area contributed by atoms with E-state index in [2.05, 4.69) is 15.0 Å². The normalized spacial score (nSPS) is 9.06. The summed E-state index contributed by atoms with van der Waals surface area (Å²) >= 11 is 0. The van der Waals surface area contributed by atoms with Gasteiger partial charge in [0.1, 0.15) is 12.4 Å². The highest BCUT2D eigenvalue weighted by Gasteiger charge is 2.07. The van der Waals surface area contributed by atoms with Gasteiger partial charge < -0.3 is 14.8 Å². The van der Waals surface area contributed by atoms with Gasteiger partial charge in [-0.3, -0.25) is 0 Å². The van der Waals surface area contributed by atoms with E-state index < -0.39 is 0 Å². The number of aliphatic hydroxyl groups is 1. The zero-order valence-corrected chi connectivity index (χ0v) is 12.0. The number of aliphatic hydroxyl groups excluding tert-OH is 1. The molecular formula is C13H23N3O2. The van der Waals surface area contributed by atoms with Gasteiger partial charge >= 0.3 is 0 Å². The molecule has 0 aliphatic carbocycles. The van der Waals surface area contributed by atoms with E-state index in [1.165, 1.54) is 0 Å². The molecule has 2 aromatic heterocycles. The Balaban J connectivity index is 0.000000659. The predicted molar refractivity (Wildman–Crippen MR) is 73.8 cm³/mol. The highest BCUT2D eigenvalue weighted by Crippen LogP contribution is 2.19. The van der Waals surface area contributed by atoms with E-state index in [0.29, 0.717) is 17.4 Å². The maximum Gasteiger partial charge on any atom is 0.215 e. The maximum atomic E-state index is 8.90. The van der Waals surface area contributed by atoms with Crippen molar-refractivity contribution in [2.75, 3.05) is 7.11 Å². The molecule has 0 radical (unpaired) electrons. The number of nitrogens with one attached hydrogen (secondary N) is 1. The third-order valence-corrected chi connectivity index (χ3v) is 2.04. The average molecular weight is 253 g/mol. The van der Waals surface area contributed by atoms with Crippen LogP contribution in [0.4, 0.5) is 0 Å². The minimum Gasteiger partial charge on any atom is -0.481 e.